The number of rotatable bonds is 9. The second kappa shape index (κ2) is 9.53. The normalized spacial score (nSPS) is 22.1. The second-order valence-electron chi connectivity index (χ2n) is 6.28. The summed E-state index contributed by atoms with van der Waals surface area (Å²) in [6.07, 6.45) is 1.37. The molecule has 2 rings (SSSR count). The third-order valence-electron chi connectivity index (χ3n) is 4.54. The van der Waals surface area contributed by atoms with Crippen molar-refractivity contribution < 1.29 is 19.1 Å². The number of hydrogen-bond acceptors (Lipinski definition) is 4. The number of nitrogens with zero attached hydrogens (tertiary/aromatic N) is 1. The lowest BCUT2D eigenvalue weighted by Gasteiger charge is -2.43. The van der Waals surface area contributed by atoms with Gasteiger partial charge in [0.25, 0.3) is 0 Å². The Morgan fingerprint density at radius 2 is 2.00 bits per heavy atom. The SMILES string of the molecule is CCO[C@@H]1C[C@@H](NC(=O)CN(CCc2ccccc2)C(C)=O)[C@H]1OC. The van der Waals surface area contributed by atoms with Gasteiger partial charge in [0.15, 0.2) is 0 Å². The average molecular weight is 348 g/mol. The molecule has 0 heterocycles. The molecule has 2 amide bonds. The lowest BCUT2D eigenvalue weighted by atomic mass is 9.85. The fourth-order valence-electron chi connectivity index (χ4n) is 3.10. The molecule has 6 heteroatoms. The zero-order valence-electron chi connectivity index (χ0n) is 15.2. The van der Waals surface area contributed by atoms with Gasteiger partial charge < -0.3 is 19.7 Å². The Morgan fingerprint density at radius 3 is 2.60 bits per heavy atom. The van der Waals surface area contributed by atoms with Gasteiger partial charge in [0.2, 0.25) is 11.8 Å². The molecule has 1 fully saturated rings. The largest absolute Gasteiger partial charge is 0.377 e. The maximum atomic E-state index is 12.3. The van der Waals surface area contributed by atoms with Crippen molar-refractivity contribution >= 4 is 11.8 Å². The maximum Gasteiger partial charge on any atom is 0.239 e. The highest BCUT2D eigenvalue weighted by Gasteiger charge is 2.43. The van der Waals surface area contributed by atoms with E-state index < -0.39 is 0 Å². The van der Waals surface area contributed by atoms with E-state index in [-0.39, 0.29) is 36.6 Å². The summed E-state index contributed by atoms with van der Waals surface area (Å²) in [4.78, 5) is 25.7. The van der Waals surface area contributed by atoms with E-state index in [1.54, 1.807) is 12.0 Å². The fraction of sp³-hybridized carbons (Fsp3) is 0.579. The van der Waals surface area contributed by atoms with Crippen LogP contribution in [-0.2, 0) is 25.5 Å². The first-order valence-corrected chi connectivity index (χ1v) is 8.78. The standard InChI is InChI=1S/C19H28N2O4/c1-4-25-17-12-16(19(17)24-3)20-18(23)13-21(14(2)22)11-10-15-8-6-5-7-9-15/h5-9,16-17,19H,4,10-13H2,1-3H3,(H,20,23)/t16-,17-,19-/m1/s1. The van der Waals surface area contributed by atoms with Crippen molar-refractivity contribution in [3.8, 4) is 0 Å². The van der Waals surface area contributed by atoms with Crippen LogP contribution < -0.4 is 5.32 Å². The third-order valence-corrected chi connectivity index (χ3v) is 4.54. The topological polar surface area (TPSA) is 67.9 Å². The van der Waals surface area contributed by atoms with Crippen molar-refractivity contribution in [3.05, 3.63) is 35.9 Å². The van der Waals surface area contributed by atoms with Gasteiger partial charge in [-0.1, -0.05) is 30.3 Å². The zero-order chi connectivity index (χ0) is 18.2. The first-order valence-electron chi connectivity index (χ1n) is 8.78. The molecule has 0 bridgehead atoms. The van der Waals surface area contributed by atoms with E-state index in [9.17, 15) is 9.59 Å². The molecule has 0 saturated heterocycles. The summed E-state index contributed by atoms with van der Waals surface area (Å²) in [5, 5.41) is 2.95. The minimum absolute atomic E-state index is 0.0299. The average Bonchev–Trinajstić information content (AvgIpc) is 2.58. The molecular weight excluding hydrogens is 320 g/mol. The molecule has 0 aliphatic heterocycles. The molecule has 1 N–H and O–H groups in total. The summed E-state index contributed by atoms with van der Waals surface area (Å²) in [6, 6.07) is 9.87. The Labute approximate surface area is 149 Å². The molecule has 3 atom stereocenters. The van der Waals surface area contributed by atoms with Crippen LogP contribution in [0.2, 0.25) is 0 Å². The monoisotopic (exact) mass is 348 g/mol. The molecule has 1 aliphatic carbocycles. The van der Waals surface area contributed by atoms with Crippen LogP contribution >= 0.6 is 0 Å². The predicted octanol–water partition coefficient (Wildman–Crippen LogP) is 1.39. The molecular formula is C19H28N2O4. The van der Waals surface area contributed by atoms with Crippen molar-refractivity contribution in [2.24, 2.45) is 0 Å². The number of ether oxygens (including phenoxy) is 2. The quantitative estimate of drug-likeness (QED) is 0.732. The number of hydrogen-bond donors (Lipinski definition) is 1. The van der Waals surface area contributed by atoms with E-state index in [4.69, 9.17) is 9.47 Å². The highest BCUT2D eigenvalue weighted by atomic mass is 16.5. The van der Waals surface area contributed by atoms with E-state index in [0.717, 1.165) is 18.4 Å². The van der Waals surface area contributed by atoms with Crippen LogP contribution in [0.3, 0.4) is 0 Å². The summed E-state index contributed by atoms with van der Waals surface area (Å²) in [7, 11) is 1.62. The van der Waals surface area contributed by atoms with Crippen molar-refractivity contribution in [3.63, 3.8) is 0 Å². The molecule has 25 heavy (non-hydrogen) atoms. The van der Waals surface area contributed by atoms with Gasteiger partial charge in [-0.2, -0.15) is 0 Å². The van der Waals surface area contributed by atoms with Crippen molar-refractivity contribution in [1.82, 2.24) is 10.2 Å². The van der Waals surface area contributed by atoms with E-state index in [2.05, 4.69) is 5.32 Å². The second-order valence-corrected chi connectivity index (χ2v) is 6.28. The summed E-state index contributed by atoms with van der Waals surface area (Å²) in [6.45, 7) is 4.64. The molecule has 1 aromatic rings. The van der Waals surface area contributed by atoms with Gasteiger partial charge in [-0.25, -0.2) is 0 Å². The first kappa shape index (κ1) is 19.4. The number of nitrogens with one attached hydrogen (secondary N) is 1. The number of benzene rings is 1. The lowest BCUT2D eigenvalue weighted by Crippen LogP contribution is -2.62. The van der Waals surface area contributed by atoms with Gasteiger partial charge >= 0.3 is 0 Å². The molecule has 6 nitrogen and oxygen atoms in total. The smallest absolute Gasteiger partial charge is 0.239 e. The highest BCUT2D eigenvalue weighted by Crippen LogP contribution is 2.26. The van der Waals surface area contributed by atoms with Gasteiger partial charge in [-0.05, 0) is 25.3 Å². The summed E-state index contributed by atoms with van der Waals surface area (Å²) in [5.41, 5.74) is 1.15. The minimum atomic E-state index is -0.162. The Balaban J connectivity index is 1.81. The molecule has 0 aromatic heterocycles. The Morgan fingerprint density at radius 1 is 1.28 bits per heavy atom. The first-order chi connectivity index (χ1) is 12.0. The molecule has 1 saturated carbocycles. The Bertz CT molecular complexity index is 564. The molecule has 1 aliphatic rings. The van der Waals surface area contributed by atoms with E-state index in [1.165, 1.54) is 6.92 Å². The van der Waals surface area contributed by atoms with Gasteiger partial charge in [0.1, 0.15) is 6.10 Å². The van der Waals surface area contributed by atoms with Gasteiger partial charge in [-0.15, -0.1) is 0 Å². The molecule has 0 unspecified atom stereocenters. The number of amides is 2. The van der Waals surface area contributed by atoms with E-state index in [0.29, 0.717) is 13.2 Å². The highest BCUT2D eigenvalue weighted by molar-refractivity contribution is 5.84. The van der Waals surface area contributed by atoms with Gasteiger partial charge in [0, 0.05) is 27.2 Å². The van der Waals surface area contributed by atoms with Crippen LogP contribution in [0.1, 0.15) is 25.8 Å². The lowest BCUT2D eigenvalue weighted by molar-refractivity contribution is -0.146. The molecule has 0 radical (unpaired) electrons. The minimum Gasteiger partial charge on any atom is -0.377 e. The molecule has 0 spiro atoms. The molecule has 138 valence electrons. The van der Waals surface area contributed by atoms with Crippen LogP contribution in [-0.4, -0.2) is 61.8 Å². The van der Waals surface area contributed by atoms with Crippen LogP contribution in [0.25, 0.3) is 0 Å². The fourth-order valence-corrected chi connectivity index (χ4v) is 3.10. The number of methoxy groups -OCH3 is 1. The Hall–Kier alpha value is -1.92. The summed E-state index contributed by atoms with van der Waals surface area (Å²) >= 11 is 0. The number of carbonyl (C=O) groups excluding carboxylic acids is 2. The van der Waals surface area contributed by atoms with E-state index >= 15 is 0 Å². The van der Waals surface area contributed by atoms with Crippen LogP contribution in [0.4, 0.5) is 0 Å². The van der Waals surface area contributed by atoms with Crippen LogP contribution in [0.5, 0.6) is 0 Å². The summed E-state index contributed by atoms with van der Waals surface area (Å²) in [5.74, 6) is -0.263. The zero-order valence-corrected chi connectivity index (χ0v) is 15.2. The maximum absolute atomic E-state index is 12.3. The van der Waals surface area contributed by atoms with E-state index in [1.807, 2.05) is 37.3 Å². The Kier molecular flexibility index (Phi) is 7.40. The third kappa shape index (κ3) is 5.54. The van der Waals surface area contributed by atoms with Crippen molar-refractivity contribution in [2.45, 2.75) is 44.9 Å². The van der Waals surface area contributed by atoms with Crippen LogP contribution in [0, 0.1) is 0 Å². The van der Waals surface area contributed by atoms with Crippen molar-refractivity contribution in [2.75, 3.05) is 26.8 Å². The van der Waals surface area contributed by atoms with Crippen molar-refractivity contribution in [1.29, 1.82) is 0 Å². The molecule has 1 aromatic carbocycles. The predicted molar refractivity (Wildman–Crippen MR) is 95.2 cm³/mol. The summed E-state index contributed by atoms with van der Waals surface area (Å²) < 4.78 is 11.0. The van der Waals surface area contributed by atoms with Gasteiger partial charge in [-0.3, -0.25) is 9.59 Å². The van der Waals surface area contributed by atoms with Gasteiger partial charge in [0.05, 0.1) is 18.7 Å². The van der Waals surface area contributed by atoms with Crippen LogP contribution in [0.15, 0.2) is 30.3 Å². The number of carbonyl (C=O) groups is 2.